The van der Waals surface area contributed by atoms with Crippen LogP contribution in [-0.2, 0) is 14.1 Å². The number of pyridine rings is 2. The lowest BCUT2D eigenvalue weighted by Crippen LogP contribution is -3.00. The molecule has 1 amide bonds. The number of hydrogen-bond acceptors (Lipinski definition) is 1. The third-order valence-electron chi connectivity index (χ3n) is 6.44. The summed E-state index contributed by atoms with van der Waals surface area (Å²) in [7, 11) is 4.24. The number of fused-ring (bicyclic) bond motifs is 4. The molecule has 0 aliphatic heterocycles. The van der Waals surface area contributed by atoms with Crippen molar-refractivity contribution < 1.29 is 33.8 Å². The van der Waals surface area contributed by atoms with Gasteiger partial charge in [0, 0.05) is 42.4 Å². The van der Waals surface area contributed by atoms with Gasteiger partial charge in [-0.15, -0.1) is 0 Å². The van der Waals surface area contributed by atoms with Crippen LogP contribution in [0.3, 0.4) is 0 Å². The van der Waals surface area contributed by atoms with Gasteiger partial charge in [0.05, 0.1) is 27.6 Å². The molecule has 0 saturated carbocycles. The number of aromatic nitrogens is 2. The van der Waals surface area contributed by atoms with Crippen LogP contribution >= 0.6 is 0 Å². The maximum Gasteiger partial charge on any atom is 0.418 e. The summed E-state index contributed by atoms with van der Waals surface area (Å²) in [5.74, 6) is -0.107. The van der Waals surface area contributed by atoms with Crippen LogP contribution in [0, 0.1) is 0 Å². The summed E-state index contributed by atoms with van der Waals surface area (Å²) in [5, 5.41) is 5.63. The summed E-state index contributed by atoms with van der Waals surface area (Å²) in [6, 6.07) is 30.5. The van der Waals surface area contributed by atoms with Crippen LogP contribution in [0.2, 0.25) is 0 Å². The fraction of sp³-hybridized carbons (Fsp3) is 0.0714. The van der Waals surface area contributed by atoms with E-state index < -0.39 is 0 Å². The average molecular weight is 543 g/mol. The number of rotatable bonds is 1. The molecule has 0 bridgehead atoms. The minimum absolute atomic E-state index is 0. The first-order valence-electron chi connectivity index (χ1n) is 10.7. The highest BCUT2D eigenvalue weighted by atomic mass is 127. The molecule has 162 valence electrons. The first-order chi connectivity index (χ1) is 15.6. The van der Waals surface area contributed by atoms with E-state index in [2.05, 4.69) is 82.8 Å². The number of hydrogen-bond donors (Lipinski definition) is 1. The predicted octanol–water partition coefficient (Wildman–Crippen LogP) is 0.802. The third-order valence-corrected chi connectivity index (χ3v) is 6.44. The van der Waals surface area contributed by atoms with Crippen molar-refractivity contribution in [2.45, 2.75) is 0 Å². The number of carbonyl (C=O) groups is 1. The molecule has 0 radical (unpaired) electrons. The highest BCUT2D eigenvalue weighted by Crippen LogP contribution is 2.36. The number of nitrogens with one attached hydrogen (secondary N) is 1. The van der Waals surface area contributed by atoms with Crippen molar-refractivity contribution in [1.29, 1.82) is 0 Å². The van der Waals surface area contributed by atoms with Crippen molar-refractivity contribution in [1.82, 2.24) is 9.13 Å². The smallest absolute Gasteiger partial charge is 0.418 e. The number of nitrogens with zero attached hydrogens (tertiary/aromatic N) is 2. The highest BCUT2D eigenvalue weighted by Gasteiger charge is 2.16. The van der Waals surface area contributed by atoms with Gasteiger partial charge in [-0.3, -0.25) is 0 Å². The molecule has 0 aliphatic rings. The summed E-state index contributed by atoms with van der Waals surface area (Å²) >= 11 is 0. The van der Waals surface area contributed by atoms with Crippen molar-refractivity contribution in [3.8, 4) is 0 Å². The normalized spacial score (nSPS) is 12.0. The SMILES string of the molecule is Cn1c2ccccc2c2c3c(cccc31)c1ccc(=[NH+]C(=O)c3ccccc3)cc1n2C.[I-]. The molecular weight excluding hydrogens is 521 g/mol. The number of benzene rings is 4. The fourth-order valence-corrected chi connectivity index (χ4v) is 4.90. The topological polar surface area (TPSA) is 40.9 Å². The number of aryl methyl sites for hydroxylation is 2. The van der Waals surface area contributed by atoms with E-state index in [1.807, 2.05) is 36.4 Å². The van der Waals surface area contributed by atoms with Gasteiger partial charge in [0.25, 0.3) is 0 Å². The summed E-state index contributed by atoms with van der Waals surface area (Å²) in [6.07, 6.45) is 0. The molecular formula is C28H22IN3O. The van der Waals surface area contributed by atoms with Gasteiger partial charge >= 0.3 is 5.91 Å². The summed E-state index contributed by atoms with van der Waals surface area (Å²) in [6.45, 7) is 0. The van der Waals surface area contributed by atoms with E-state index in [1.54, 1.807) is 0 Å². The number of halogens is 1. The molecule has 0 atom stereocenters. The zero-order valence-corrected chi connectivity index (χ0v) is 20.5. The molecule has 6 aromatic rings. The van der Waals surface area contributed by atoms with Crippen LogP contribution in [0.5, 0.6) is 0 Å². The maximum atomic E-state index is 12.7. The van der Waals surface area contributed by atoms with E-state index >= 15 is 0 Å². The van der Waals surface area contributed by atoms with Crippen molar-refractivity contribution in [3.05, 3.63) is 102 Å². The van der Waals surface area contributed by atoms with Crippen molar-refractivity contribution in [3.63, 3.8) is 0 Å². The van der Waals surface area contributed by atoms with Gasteiger partial charge in [0.15, 0.2) is 0 Å². The number of para-hydroxylation sites is 1. The zero-order chi connectivity index (χ0) is 21.8. The number of carbonyl (C=O) groups excluding carboxylic acids is 1. The fourth-order valence-electron chi connectivity index (χ4n) is 4.90. The van der Waals surface area contributed by atoms with Crippen LogP contribution in [-0.4, -0.2) is 15.0 Å². The molecule has 0 unspecified atom stereocenters. The highest BCUT2D eigenvalue weighted by molar-refractivity contribution is 6.24. The maximum absolute atomic E-state index is 12.7. The van der Waals surface area contributed by atoms with Crippen molar-refractivity contribution in [2.75, 3.05) is 0 Å². The van der Waals surface area contributed by atoms with Gasteiger partial charge in [-0.05, 0) is 35.7 Å². The van der Waals surface area contributed by atoms with Gasteiger partial charge < -0.3 is 33.1 Å². The van der Waals surface area contributed by atoms with E-state index in [-0.39, 0.29) is 29.9 Å². The summed E-state index contributed by atoms with van der Waals surface area (Å²) in [5.41, 5.74) is 5.32. The minimum atomic E-state index is -0.107. The lowest BCUT2D eigenvalue weighted by Gasteiger charge is -2.20. The Hall–Kier alpha value is -3.45. The lowest BCUT2D eigenvalue weighted by molar-refractivity contribution is -0.391. The van der Waals surface area contributed by atoms with E-state index in [9.17, 15) is 4.79 Å². The molecule has 0 aliphatic carbocycles. The van der Waals surface area contributed by atoms with Crippen molar-refractivity contribution in [2.24, 2.45) is 14.1 Å². The molecule has 4 aromatic carbocycles. The van der Waals surface area contributed by atoms with Crippen molar-refractivity contribution >= 4 is 49.5 Å². The Balaban J connectivity index is 0.00000228. The zero-order valence-electron chi connectivity index (χ0n) is 18.3. The molecule has 0 fully saturated rings. The Morgan fingerprint density at radius 3 is 2.18 bits per heavy atom. The molecule has 33 heavy (non-hydrogen) atoms. The van der Waals surface area contributed by atoms with Crippen LogP contribution < -0.4 is 34.3 Å². The van der Waals surface area contributed by atoms with Gasteiger partial charge in [-0.1, -0.05) is 48.5 Å². The van der Waals surface area contributed by atoms with Crippen LogP contribution in [0.15, 0.2) is 91.0 Å². The largest absolute Gasteiger partial charge is 1.00 e. The Labute approximate surface area is 207 Å². The monoisotopic (exact) mass is 543 g/mol. The Morgan fingerprint density at radius 2 is 1.36 bits per heavy atom. The Bertz CT molecular complexity index is 1760. The van der Waals surface area contributed by atoms with Crippen LogP contribution in [0.1, 0.15) is 10.4 Å². The molecule has 0 saturated heterocycles. The van der Waals surface area contributed by atoms with E-state index in [4.69, 9.17) is 0 Å². The van der Waals surface area contributed by atoms with Gasteiger partial charge in [-0.2, -0.15) is 4.99 Å². The molecule has 5 heteroatoms. The molecule has 2 heterocycles. The third kappa shape index (κ3) is 3.26. The van der Waals surface area contributed by atoms with Gasteiger partial charge in [0.2, 0.25) is 5.36 Å². The quantitative estimate of drug-likeness (QED) is 0.186. The van der Waals surface area contributed by atoms with E-state index in [1.165, 1.54) is 38.1 Å². The molecule has 6 rings (SSSR count). The van der Waals surface area contributed by atoms with Gasteiger partial charge in [0.1, 0.15) is 0 Å². The van der Waals surface area contributed by atoms with Gasteiger partial charge in [-0.25, -0.2) is 4.79 Å². The molecule has 2 aromatic heterocycles. The summed E-state index contributed by atoms with van der Waals surface area (Å²) in [4.78, 5) is 15.8. The summed E-state index contributed by atoms with van der Waals surface area (Å²) < 4.78 is 4.52. The average Bonchev–Trinajstić information content (AvgIpc) is 2.84. The Kier molecular flexibility index (Phi) is 5.29. The van der Waals surface area contributed by atoms with E-state index in [0.29, 0.717) is 5.56 Å². The minimum Gasteiger partial charge on any atom is -1.00 e. The first kappa shape index (κ1) is 21.4. The second kappa shape index (κ2) is 8.15. The standard InChI is InChI=1S/C28H21N3O.HI/c1-30-23-13-7-6-11-22(23)27-26-21(12-8-14-24(26)30)20-16-15-19(17-25(20)31(27)2)29-28(32)18-9-4-3-5-10-18;/h3-17H,1-2H3;1H. The molecule has 0 spiro atoms. The second-order valence-corrected chi connectivity index (χ2v) is 8.24. The predicted molar refractivity (Wildman–Crippen MR) is 129 cm³/mol. The van der Waals surface area contributed by atoms with Crippen LogP contribution in [0.4, 0.5) is 0 Å². The molecule has 4 nitrogen and oxygen atoms in total. The lowest BCUT2D eigenvalue weighted by atomic mass is 9.99. The molecule has 1 N–H and O–H groups in total. The van der Waals surface area contributed by atoms with Crippen LogP contribution in [0.25, 0.3) is 43.6 Å². The van der Waals surface area contributed by atoms with E-state index in [0.717, 1.165) is 10.9 Å². The number of amides is 1. The first-order valence-corrected chi connectivity index (χ1v) is 10.7. The Morgan fingerprint density at radius 1 is 0.667 bits per heavy atom. The second-order valence-electron chi connectivity index (χ2n) is 8.24.